The van der Waals surface area contributed by atoms with Gasteiger partial charge in [-0.25, -0.2) is 4.79 Å². The standard InChI is InChI=1S/C7H14N2O4/c1-2-13-6(11)7(12,4-9)5(10)3-8/h12H,2-4,8-9H2,1H3. The van der Waals surface area contributed by atoms with E-state index in [1.165, 1.54) is 0 Å². The third kappa shape index (κ3) is 2.48. The maximum atomic E-state index is 11.1. The number of ketones is 1. The summed E-state index contributed by atoms with van der Waals surface area (Å²) in [4.78, 5) is 22.1. The summed E-state index contributed by atoms with van der Waals surface area (Å²) in [6, 6.07) is 0. The predicted molar refractivity (Wildman–Crippen MR) is 44.7 cm³/mol. The Morgan fingerprint density at radius 3 is 2.31 bits per heavy atom. The maximum absolute atomic E-state index is 11.1. The van der Waals surface area contributed by atoms with Crippen molar-refractivity contribution < 1.29 is 19.4 Å². The van der Waals surface area contributed by atoms with Crippen molar-refractivity contribution in [1.82, 2.24) is 0 Å². The van der Waals surface area contributed by atoms with Crippen molar-refractivity contribution in [1.29, 1.82) is 0 Å². The molecule has 5 N–H and O–H groups in total. The minimum atomic E-state index is -2.29. The summed E-state index contributed by atoms with van der Waals surface area (Å²) in [5, 5.41) is 9.46. The fourth-order valence-corrected chi connectivity index (χ4v) is 0.730. The summed E-state index contributed by atoms with van der Waals surface area (Å²) in [5.74, 6) is -1.89. The maximum Gasteiger partial charge on any atom is 0.347 e. The smallest absolute Gasteiger partial charge is 0.347 e. The van der Waals surface area contributed by atoms with Crippen LogP contribution >= 0.6 is 0 Å². The second-order valence-corrected chi connectivity index (χ2v) is 2.41. The van der Waals surface area contributed by atoms with Gasteiger partial charge in [-0.1, -0.05) is 0 Å². The monoisotopic (exact) mass is 190 g/mol. The molecule has 0 aromatic rings. The van der Waals surface area contributed by atoms with Crippen molar-refractivity contribution in [3.05, 3.63) is 0 Å². The van der Waals surface area contributed by atoms with E-state index in [0.29, 0.717) is 0 Å². The van der Waals surface area contributed by atoms with Crippen LogP contribution in [0.3, 0.4) is 0 Å². The van der Waals surface area contributed by atoms with E-state index in [9.17, 15) is 14.7 Å². The molecular weight excluding hydrogens is 176 g/mol. The molecule has 0 aliphatic heterocycles. The van der Waals surface area contributed by atoms with Gasteiger partial charge in [-0.05, 0) is 6.92 Å². The van der Waals surface area contributed by atoms with Gasteiger partial charge in [0.1, 0.15) is 0 Å². The van der Waals surface area contributed by atoms with Crippen molar-refractivity contribution in [2.45, 2.75) is 12.5 Å². The largest absolute Gasteiger partial charge is 0.463 e. The van der Waals surface area contributed by atoms with E-state index in [4.69, 9.17) is 11.5 Å². The van der Waals surface area contributed by atoms with Gasteiger partial charge >= 0.3 is 5.97 Å². The first-order chi connectivity index (χ1) is 6.02. The van der Waals surface area contributed by atoms with E-state index < -0.39 is 30.4 Å². The molecule has 13 heavy (non-hydrogen) atoms. The normalized spacial score (nSPS) is 14.8. The number of carbonyl (C=O) groups excluding carboxylic acids is 2. The lowest BCUT2D eigenvalue weighted by Crippen LogP contribution is -2.55. The summed E-state index contributed by atoms with van der Waals surface area (Å²) in [5.41, 5.74) is 7.80. The molecule has 1 atom stereocenters. The van der Waals surface area contributed by atoms with Gasteiger partial charge in [0, 0.05) is 6.54 Å². The van der Waals surface area contributed by atoms with Gasteiger partial charge in [0.2, 0.25) is 5.60 Å². The summed E-state index contributed by atoms with van der Waals surface area (Å²) < 4.78 is 4.48. The second kappa shape index (κ2) is 4.90. The SMILES string of the molecule is CCOC(=O)C(O)(CN)C(=O)CN. The summed E-state index contributed by atoms with van der Waals surface area (Å²) in [6.07, 6.45) is 0. The van der Waals surface area contributed by atoms with Crippen molar-refractivity contribution >= 4 is 11.8 Å². The Bertz CT molecular complexity index is 207. The Balaban J connectivity index is 4.61. The van der Waals surface area contributed by atoms with Crippen LogP contribution in [0.5, 0.6) is 0 Å². The fourth-order valence-electron chi connectivity index (χ4n) is 0.730. The molecule has 0 saturated carbocycles. The lowest BCUT2D eigenvalue weighted by atomic mass is 9.99. The zero-order chi connectivity index (χ0) is 10.5. The number of ether oxygens (including phenoxy) is 1. The van der Waals surface area contributed by atoms with Crippen LogP contribution in [0, 0.1) is 0 Å². The summed E-state index contributed by atoms with van der Waals surface area (Å²) in [6.45, 7) is 0.648. The number of aliphatic hydroxyl groups is 1. The molecule has 0 rings (SSSR count). The minimum absolute atomic E-state index is 0.0684. The van der Waals surface area contributed by atoms with Crippen molar-refractivity contribution in [2.24, 2.45) is 11.5 Å². The average molecular weight is 190 g/mol. The Labute approximate surface area is 75.8 Å². The van der Waals surface area contributed by atoms with Gasteiger partial charge in [-0.2, -0.15) is 0 Å². The molecule has 0 radical (unpaired) electrons. The highest BCUT2D eigenvalue weighted by Gasteiger charge is 2.42. The Hall–Kier alpha value is -0.980. The molecule has 6 nitrogen and oxygen atoms in total. The summed E-state index contributed by atoms with van der Waals surface area (Å²) in [7, 11) is 0. The topological polar surface area (TPSA) is 116 Å². The second-order valence-electron chi connectivity index (χ2n) is 2.41. The van der Waals surface area contributed by atoms with E-state index >= 15 is 0 Å². The van der Waals surface area contributed by atoms with E-state index in [1.54, 1.807) is 6.92 Å². The van der Waals surface area contributed by atoms with Crippen LogP contribution in [0.4, 0.5) is 0 Å². The number of nitrogens with two attached hydrogens (primary N) is 2. The van der Waals surface area contributed by atoms with Crippen LogP contribution in [0.25, 0.3) is 0 Å². The van der Waals surface area contributed by atoms with E-state index in [-0.39, 0.29) is 6.61 Å². The number of esters is 1. The van der Waals surface area contributed by atoms with Crippen LogP contribution in [0.15, 0.2) is 0 Å². The lowest BCUT2D eigenvalue weighted by molar-refractivity contribution is -0.168. The van der Waals surface area contributed by atoms with E-state index in [1.807, 2.05) is 0 Å². The Morgan fingerprint density at radius 1 is 1.46 bits per heavy atom. The number of rotatable bonds is 5. The number of hydrogen-bond donors (Lipinski definition) is 3. The number of carbonyl (C=O) groups is 2. The van der Waals surface area contributed by atoms with E-state index in [0.717, 1.165) is 0 Å². The van der Waals surface area contributed by atoms with Gasteiger partial charge in [0.15, 0.2) is 5.78 Å². The van der Waals surface area contributed by atoms with Crippen LogP contribution in [0.2, 0.25) is 0 Å². The summed E-state index contributed by atoms with van der Waals surface area (Å²) >= 11 is 0. The average Bonchev–Trinajstić information content (AvgIpc) is 2.15. The quantitative estimate of drug-likeness (QED) is 0.333. The first-order valence-electron chi connectivity index (χ1n) is 3.86. The molecule has 0 heterocycles. The van der Waals surface area contributed by atoms with Gasteiger partial charge in [0.25, 0.3) is 0 Å². The third-order valence-corrected chi connectivity index (χ3v) is 1.56. The van der Waals surface area contributed by atoms with Crippen molar-refractivity contribution in [3.8, 4) is 0 Å². The number of Topliss-reactive ketones (excluding diaryl/α,β-unsaturated/α-hetero) is 1. The molecule has 0 amide bonds. The fraction of sp³-hybridized carbons (Fsp3) is 0.714. The molecule has 0 spiro atoms. The van der Waals surface area contributed by atoms with Gasteiger partial charge in [-0.15, -0.1) is 0 Å². The van der Waals surface area contributed by atoms with E-state index in [2.05, 4.69) is 4.74 Å². The molecule has 76 valence electrons. The van der Waals surface area contributed by atoms with Gasteiger partial charge < -0.3 is 21.3 Å². The van der Waals surface area contributed by atoms with Crippen LogP contribution in [0.1, 0.15) is 6.92 Å². The van der Waals surface area contributed by atoms with Gasteiger partial charge in [0.05, 0.1) is 13.2 Å². The Kier molecular flexibility index (Phi) is 4.53. The van der Waals surface area contributed by atoms with Crippen LogP contribution < -0.4 is 11.5 Å². The van der Waals surface area contributed by atoms with Crippen molar-refractivity contribution in [2.75, 3.05) is 19.7 Å². The minimum Gasteiger partial charge on any atom is -0.463 e. The first kappa shape index (κ1) is 12.0. The highest BCUT2D eigenvalue weighted by molar-refractivity contribution is 6.08. The highest BCUT2D eigenvalue weighted by atomic mass is 16.5. The van der Waals surface area contributed by atoms with Gasteiger partial charge in [-0.3, -0.25) is 4.79 Å². The molecule has 0 saturated heterocycles. The van der Waals surface area contributed by atoms with Crippen molar-refractivity contribution in [3.63, 3.8) is 0 Å². The zero-order valence-electron chi connectivity index (χ0n) is 7.45. The predicted octanol–water partition coefficient (Wildman–Crippen LogP) is -2.23. The molecule has 0 aromatic carbocycles. The molecule has 0 bridgehead atoms. The van der Waals surface area contributed by atoms with Crippen LogP contribution in [-0.4, -0.2) is 42.2 Å². The molecule has 6 heteroatoms. The van der Waals surface area contributed by atoms with Crippen LogP contribution in [-0.2, 0) is 14.3 Å². The molecule has 0 fully saturated rings. The molecule has 1 unspecified atom stereocenters. The zero-order valence-corrected chi connectivity index (χ0v) is 7.45. The Morgan fingerprint density at radius 2 is 2.00 bits per heavy atom. The molecule has 0 aromatic heterocycles. The molecule has 0 aliphatic carbocycles. The lowest BCUT2D eigenvalue weighted by Gasteiger charge is -2.21. The molecule has 0 aliphatic rings. The molecular formula is C7H14N2O4. The third-order valence-electron chi connectivity index (χ3n) is 1.56. The highest BCUT2D eigenvalue weighted by Crippen LogP contribution is 2.06. The first-order valence-corrected chi connectivity index (χ1v) is 3.86. The number of hydrogen-bond acceptors (Lipinski definition) is 6.